The van der Waals surface area contributed by atoms with Crippen molar-refractivity contribution in [1.29, 1.82) is 0 Å². The maximum absolute atomic E-state index is 12.8. The number of nitrogens with zero attached hydrogens (tertiary/aromatic N) is 5. The Balaban J connectivity index is 0.00000204. The fourth-order valence-corrected chi connectivity index (χ4v) is 6.52. The van der Waals surface area contributed by atoms with Gasteiger partial charge in [0.15, 0.2) is 10.8 Å². The van der Waals surface area contributed by atoms with Gasteiger partial charge in [-0.15, -0.1) is 40.0 Å². The molecule has 0 aromatic carbocycles. The van der Waals surface area contributed by atoms with E-state index in [2.05, 4.69) is 25.0 Å². The summed E-state index contributed by atoms with van der Waals surface area (Å²) in [6.45, 7) is 0. The van der Waals surface area contributed by atoms with Crippen LogP contribution >= 0.6 is 46.4 Å². The number of carbonyl (C=O) groups is 3. The molecule has 19 heteroatoms. The second kappa shape index (κ2) is 13.5. The summed E-state index contributed by atoms with van der Waals surface area (Å²) in [5.74, 6) is -1.96. The number of anilines is 1. The van der Waals surface area contributed by atoms with Gasteiger partial charge in [0.2, 0.25) is 0 Å². The van der Waals surface area contributed by atoms with E-state index in [1.807, 2.05) is 0 Å². The van der Waals surface area contributed by atoms with E-state index in [9.17, 15) is 19.5 Å². The Morgan fingerprint density at radius 1 is 1.43 bits per heavy atom. The van der Waals surface area contributed by atoms with E-state index in [-0.39, 0.29) is 62.7 Å². The summed E-state index contributed by atoms with van der Waals surface area (Å²) in [6, 6.07) is -0.931. The van der Waals surface area contributed by atoms with Crippen LogP contribution in [-0.2, 0) is 19.2 Å². The van der Waals surface area contributed by atoms with Crippen molar-refractivity contribution in [3.05, 3.63) is 28.5 Å². The van der Waals surface area contributed by atoms with Gasteiger partial charge in [-0.2, -0.15) is 0 Å². The number of nitrogens with one attached hydrogen (secondary N) is 1. The number of carbonyl (C=O) groups excluding carboxylic acids is 3. The van der Waals surface area contributed by atoms with Gasteiger partial charge in [0.1, 0.15) is 28.4 Å². The van der Waals surface area contributed by atoms with Crippen molar-refractivity contribution in [2.24, 2.45) is 5.16 Å². The molecule has 0 bridgehead atoms. The molecule has 2 unspecified atom stereocenters. The fourth-order valence-electron chi connectivity index (χ4n) is 3.06. The van der Waals surface area contributed by atoms with E-state index in [1.165, 1.54) is 47.5 Å². The molecule has 14 nitrogen and oxygen atoms in total. The summed E-state index contributed by atoms with van der Waals surface area (Å²) in [4.78, 5) is 47.2. The molecule has 2 atom stereocenters. The number of rotatable bonds is 8. The van der Waals surface area contributed by atoms with Crippen molar-refractivity contribution < 1.29 is 64.8 Å². The summed E-state index contributed by atoms with van der Waals surface area (Å²) in [7, 11) is 1.27. The van der Waals surface area contributed by atoms with Crippen molar-refractivity contribution in [2.75, 3.05) is 24.3 Å². The molecule has 2 aromatic heterocycles. The minimum Gasteiger partial charge on any atom is -0.543 e. The van der Waals surface area contributed by atoms with Gasteiger partial charge >= 0.3 is 29.6 Å². The number of carboxylic acids is 1. The molecule has 0 saturated carbocycles. The van der Waals surface area contributed by atoms with Crippen LogP contribution in [0.25, 0.3) is 0 Å². The van der Waals surface area contributed by atoms with E-state index < -0.39 is 29.2 Å². The summed E-state index contributed by atoms with van der Waals surface area (Å²) in [5, 5.41) is 23.0. The van der Waals surface area contributed by atoms with Crippen LogP contribution in [0.2, 0.25) is 0 Å². The molecule has 184 valence electrons. The van der Waals surface area contributed by atoms with Gasteiger partial charge < -0.3 is 36.7 Å². The Morgan fingerprint density at radius 3 is 2.74 bits per heavy atom. The van der Waals surface area contributed by atoms with Gasteiger partial charge in [-0.05, 0) is 17.1 Å². The van der Waals surface area contributed by atoms with Gasteiger partial charge in [-0.1, -0.05) is 9.64 Å². The maximum atomic E-state index is 12.8. The molecule has 2 amide bonds. The van der Waals surface area contributed by atoms with E-state index in [0.29, 0.717) is 17.1 Å². The predicted molar refractivity (Wildman–Crippen MR) is 125 cm³/mol. The summed E-state index contributed by atoms with van der Waals surface area (Å²) in [5.41, 5.74) is 6.08. The molecule has 2 aliphatic rings. The van der Waals surface area contributed by atoms with Crippen LogP contribution in [0.15, 0.2) is 32.2 Å². The largest absolute Gasteiger partial charge is 1.00 e. The smallest absolute Gasteiger partial charge is 0.543 e. The van der Waals surface area contributed by atoms with E-state index >= 15 is 0 Å². The van der Waals surface area contributed by atoms with Crippen LogP contribution in [0.1, 0.15) is 5.69 Å². The normalized spacial score (nSPS) is 18.8. The number of aromatic nitrogens is 3. The van der Waals surface area contributed by atoms with Crippen LogP contribution in [0, 0.1) is 0 Å². The van der Waals surface area contributed by atoms with E-state index in [1.54, 1.807) is 6.20 Å². The quantitative estimate of drug-likeness (QED) is 0.0995. The van der Waals surface area contributed by atoms with Crippen LogP contribution in [0.5, 0.6) is 0 Å². The average molecular weight is 572 g/mol. The van der Waals surface area contributed by atoms with E-state index in [4.69, 9.17) is 10.6 Å². The topological polar surface area (TPSA) is 239 Å². The molecule has 4 rings (SSSR count). The third-order valence-electron chi connectivity index (χ3n) is 4.42. The third-order valence-corrected chi connectivity index (χ3v) is 8.35. The van der Waals surface area contributed by atoms with Gasteiger partial charge in [-0.3, -0.25) is 14.5 Å². The van der Waals surface area contributed by atoms with Crippen molar-refractivity contribution in [1.82, 2.24) is 24.8 Å². The number of hydrogen-bond donors (Lipinski definition) is 2. The number of oxime groups is 1. The number of thiazole rings is 1. The molecule has 0 spiro atoms. The van der Waals surface area contributed by atoms with Gasteiger partial charge in [0, 0.05) is 16.9 Å². The second-order valence-electron chi connectivity index (χ2n) is 6.32. The Labute approximate surface area is 236 Å². The standard InChI is InChI=1S/C16H15N7O5S4.Na.2H2O/c1-28-21-9(7-5-31-16(17)19-7)12(24)20-10-13(25)23-11(15(26)27)6(4-30-14(10)23)3-29-8-2-18-22-32-8;;;/h2,5,10,14H,3-4H2,1H3,(H2,17,19)(H,20,24)(H,26,27);;2*1H2/q;+1;;/p-1/b21-9-;;;. The number of fused-ring (bicyclic) bond motifs is 1. The van der Waals surface area contributed by atoms with Gasteiger partial charge in [0.05, 0.1) is 17.9 Å². The molecule has 35 heavy (non-hydrogen) atoms. The van der Waals surface area contributed by atoms with Crippen LogP contribution in [0.4, 0.5) is 5.13 Å². The van der Waals surface area contributed by atoms with Crippen molar-refractivity contribution in [3.8, 4) is 0 Å². The average Bonchev–Trinajstić information content (AvgIpc) is 3.45. The number of hydrogen-bond acceptors (Lipinski definition) is 14. The fraction of sp³-hybridized carbons (Fsp3) is 0.312. The molecule has 1 fully saturated rings. The monoisotopic (exact) mass is 571 g/mol. The number of aliphatic carboxylic acids is 1. The molecule has 1 saturated heterocycles. The molecular formula is C16H18N7NaO7S4. The zero-order valence-corrected chi connectivity index (χ0v) is 23.5. The van der Waals surface area contributed by atoms with Crippen LogP contribution in [0.3, 0.4) is 0 Å². The Kier molecular flexibility index (Phi) is 12.1. The third kappa shape index (κ3) is 6.52. The van der Waals surface area contributed by atoms with Crippen molar-refractivity contribution in [2.45, 2.75) is 15.6 Å². The molecule has 0 aliphatic carbocycles. The second-order valence-corrected chi connectivity index (χ2v) is 10.4. The predicted octanol–water partition coefficient (Wildman–Crippen LogP) is -5.52. The van der Waals surface area contributed by atoms with Crippen LogP contribution < -0.4 is 45.7 Å². The van der Waals surface area contributed by atoms with Gasteiger partial charge in [-0.25, -0.2) is 4.98 Å². The van der Waals surface area contributed by atoms with Crippen molar-refractivity contribution >= 4 is 75.0 Å². The molecule has 2 aliphatic heterocycles. The summed E-state index contributed by atoms with van der Waals surface area (Å²) in [6.07, 6.45) is 1.59. The molecule has 4 heterocycles. The van der Waals surface area contributed by atoms with Crippen LogP contribution in [-0.4, -0.2) is 83.9 Å². The first-order valence-electron chi connectivity index (χ1n) is 8.82. The summed E-state index contributed by atoms with van der Waals surface area (Å²) < 4.78 is 4.59. The maximum Gasteiger partial charge on any atom is 1.00 e. The minimum atomic E-state index is -1.44. The zero-order valence-electron chi connectivity index (χ0n) is 18.2. The van der Waals surface area contributed by atoms with Gasteiger partial charge in [0.25, 0.3) is 11.8 Å². The first kappa shape index (κ1) is 31.3. The molecular weight excluding hydrogens is 553 g/mol. The molecule has 2 aromatic rings. The Hall–Kier alpha value is -1.77. The number of thioether (sulfide) groups is 2. The number of amides is 2. The zero-order chi connectivity index (χ0) is 22.8. The SMILES string of the molecule is CO/N=C(\C(=O)NC1C(=O)N2C(C(=O)[O-])=C(CSc3cnns3)CSC12)c1csc(N)n1.O.O.[Na+]. The number of nitrogens with two attached hydrogens (primary N) is 1. The Morgan fingerprint density at radius 2 is 2.17 bits per heavy atom. The first-order valence-corrected chi connectivity index (χ1v) is 12.5. The summed E-state index contributed by atoms with van der Waals surface area (Å²) >= 11 is 5.06. The molecule has 0 radical (unpaired) electrons. The number of β-lactam (4-membered cyclic amide) rings is 1. The number of nitrogen functional groups attached to an aromatic ring is 1. The minimum absolute atomic E-state index is 0. The number of carboxylic acid groups (broad SMARTS) is 1. The molecule has 7 N–H and O–H groups in total. The van der Waals surface area contributed by atoms with Crippen molar-refractivity contribution in [3.63, 3.8) is 0 Å². The van der Waals surface area contributed by atoms with E-state index in [0.717, 1.165) is 20.4 Å². The first-order chi connectivity index (χ1) is 15.4. The Bertz CT molecular complexity index is 1130.